The fourth-order valence-corrected chi connectivity index (χ4v) is 3.32. The Morgan fingerprint density at radius 3 is 2.61 bits per heavy atom. The van der Waals surface area contributed by atoms with Crippen LogP contribution in [-0.4, -0.2) is 33.8 Å². The summed E-state index contributed by atoms with van der Waals surface area (Å²) in [6.07, 6.45) is 0. The zero-order valence-corrected chi connectivity index (χ0v) is 12.2. The Balaban J connectivity index is 2.43. The summed E-state index contributed by atoms with van der Waals surface area (Å²) < 4.78 is 0. The zero-order chi connectivity index (χ0) is 13.7. The second kappa shape index (κ2) is 6.75. The van der Waals surface area contributed by atoms with Gasteiger partial charge in [0, 0.05) is 23.3 Å². The van der Waals surface area contributed by atoms with Gasteiger partial charge in [0.15, 0.2) is 0 Å². The standard InChI is InChI=1S/C11H16N2O3S2/c1-6-7(2)18-10(12-6)5-17-4-9(11(15)16)13-8(3)14/h9H,4-5H2,1-3H3,(H,13,14)(H,15,16). The molecule has 0 aromatic carbocycles. The number of nitrogens with zero attached hydrogens (tertiary/aromatic N) is 1. The number of amides is 1. The first-order chi connectivity index (χ1) is 8.40. The Hall–Kier alpha value is -1.08. The summed E-state index contributed by atoms with van der Waals surface area (Å²) in [6, 6.07) is -0.838. The number of rotatable bonds is 6. The second-order valence-electron chi connectivity index (χ2n) is 3.86. The molecular formula is C11H16N2O3S2. The molecule has 0 saturated heterocycles. The number of aryl methyl sites for hydroxylation is 2. The highest BCUT2D eigenvalue weighted by Gasteiger charge is 2.18. The molecular weight excluding hydrogens is 272 g/mol. The molecule has 1 unspecified atom stereocenters. The van der Waals surface area contributed by atoms with Gasteiger partial charge < -0.3 is 10.4 Å². The van der Waals surface area contributed by atoms with Crippen LogP contribution in [0.5, 0.6) is 0 Å². The molecule has 0 saturated carbocycles. The van der Waals surface area contributed by atoms with Gasteiger partial charge in [-0.05, 0) is 13.8 Å². The van der Waals surface area contributed by atoms with Crippen LogP contribution in [0.1, 0.15) is 22.5 Å². The Kier molecular flexibility index (Phi) is 5.61. The Morgan fingerprint density at radius 2 is 2.17 bits per heavy atom. The molecule has 100 valence electrons. The smallest absolute Gasteiger partial charge is 0.327 e. The lowest BCUT2D eigenvalue weighted by atomic mass is 10.3. The molecule has 0 spiro atoms. The number of carbonyl (C=O) groups is 2. The van der Waals surface area contributed by atoms with Crippen LogP contribution in [0.2, 0.25) is 0 Å². The van der Waals surface area contributed by atoms with Crippen LogP contribution in [0.15, 0.2) is 0 Å². The monoisotopic (exact) mass is 288 g/mol. The van der Waals surface area contributed by atoms with Crippen molar-refractivity contribution in [1.29, 1.82) is 0 Å². The van der Waals surface area contributed by atoms with E-state index in [0.717, 1.165) is 10.7 Å². The van der Waals surface area contributed by atoms with Crippen LogP contribution < -0.4 is 5.32 Å². The number of hydrogen-bond donors (Lipinski definition) is 2. The lowest BCUT2D eigenvalue weighted by molar-refractivity contribution is -0.140. The summed E-state index contributed by atoms with van der Waals surface area (Å²) in [5, 5.41) is 12.3. The van der Waals surface area contributed by atoms with Crippen LogP contribution in [0.3, 0.4) is 0 Å². The highest BCUT2D eigenvalue weighted by atomic mass is 32.2. The van der Waals surface area contributed by atoms with Crippen LogP contribution >= 0.6 is 23.1 Å². The molecule has 18 heavy (non-hydrogen) atoms. The van der Waals surface area contributed by atoms with Crippen LogP contribution in [0.4, 0.5) is 0 Å². The molecule has 0 aliphatic heterocycles. The molecule has 5 nitrogen and oxygen atoms in total. The SMILES string of the molecule is CC(=O)NC(CSCc1nc(C)c(C)s1)C(=O)O. The number of carboxylic acid groups (broad SMARTS) is 1. The number of aromatic nitrogens is 1. The van der Waals surface area contributed by atoms with Crippen molar-refractivity contribution in [2.24, 2.45) is 0 Å². The Labute approximate surface area is 114 Å². The molecule has 7 heteroatoms. The minimum Gasteiger partial charge on any atom is -0.480 e. The molecule has 1 amide bonds. The minimum absolute atomic E-state index is 0.330. The average Bonchev–Trinajstić information content (AvgIpc) is 2.56. The van der Waals surface area contributed by atoms with E-state index in [1.54, 1.807) is 11.3 Å². The molecule has 2 N–H and O–H groups in total. The third-order valence-electron chi connectivity index (χ3n) is 2.26. The van der Waals surface area contributed by atoms with Gasteiger partial charge in [-0.2, -0.15) is 11.8 Å². The zero-order valence-electron chi connectivity index (χ0n) is 10.5. The molecule has 1 aromatic rings. The van der Waals surface area contributed by atoms with Gasteiger partial charge in [-0.3, -0.25) is 4.79 Å². The van der Waals surface area contributed by atoms with Crippen molar-refractivity contribution in [3.8, 4) is 0 Å². The van der Waals surface area contributed by atoms with Gasteiger partial charge in [0.25, 0.3) is 0 Å². The van der Waals surface area contributed by atoms with Gasteiger partial charge in [0.1, 0.15) is 11.0 Å². The summed E-state index contributed by atoms with van der Waals surface area (Å²) in [5.74, 6) is -0.330. The summed E-state index contributed by atoms with van der Waals surface area (Å²) in [5.41, 5.74) is 1.02. The van der Waals surface area contributed by atoms with E-state index in [1.807, 2.05) is 13.8 Å². The molecule has 1 atom stereocenters. The van der Waals surface area contributed by atoms with Crippen molar-refractivity contribution in [3.05, 3.63) is 15.6 Å². The van der Waals surface area contributed by atoms with Crippen LogP contribution in [0, 0.1) is 13.8 Å². The molecule has 0 aliphatic carbocycles. The normalized spacial score (nSPS) is 12.2. The molecule has 0 bridgehead atoms. The fourth-order valence-electron chi connectivity index (χ4n) is 1.29. The van der Waals surface area contributed by atoms with Gasteiger partial charge in [0.2, 0.25) is 5.91 Å². The van der Waals surface area contributed by atoms with E-state index in [1.165, 1.54) is 23.6 Å². The first-order valence-corrected chi connectivity index (χ1v) is 7.38. The summed E-state index contributed by atoms with van der Waals surface area (Å²) >= 11 is 3.08. The fraction of sp³-hybridized carbons (Fsp3) is 0.545. The van der Waals surface area contributed by atoms with E-state index in [-0.39, 0.29) is 5.91 Å². The van der Waals surface area contributed by atoms with Crippen molar-refractivity contribution in [2.75, 3.05) is 5.75 Å². The summed E-state index contributed by atoms with van der Waals surface area (Å²) in [6.45, 7) is 5.28. The van der Waals surface area contributed by atoms with E-state index >= 15 is 0 Å². The number of thiazole rings is 1. The van der Waals surface area contributed by atoms with Gasteiger partial charge in [-0.1, -0.05) is 0 Å². The largest absolute Gasteiger partial charge is 0.480 e. The molecule has 1 aromatic heterocycles. The average molecular weight is 288 g/mol. The number of nitrogens with one attached hydrogen (secondary N) is 1. The molecule has 1 rings (SSSR count). The maximum absolute atomic E-state index is 10.9. The van der Waals surface area contributed by atoms with E-state index in [4.69, 9.17) is 5.11 Å². The van der Waals surface area contributed by atoms with E-state index in [2.05, 4.69) is 10.3 Å². The molecule has 0 aliphatic rings. The van der Waals surface area contributed by atoms with Crippen molar-refractivity contribution >= 4 is 35.0 Å². The molecule has 0 radical (unpaired) electrons. The first-order valence-electron chi connectivity index (χ1n) is 5.40. The third-order valence-corrected chi connectivity index (χ3v) is 4.56. The van der Waals surface area contributed by atoms with Gasteiger partial charge >= 0.3 is 5.97 Å². The number of carboxylic acids is 1. The quantitative estimate of drug-likeness (QED) is 0.831. The lowest BCUT2D eigenvalue weighted by Gasteiger charge is -2.11. The minimum atomic E-state index is -1.01. The van der Waals surface area contributed by atoms with Crippen molar-refractivity contribution in [3.63, 3.8) is 0 Å². The number of hydrogen-bond acceptors (Lipinski definition) is 5. The predicted octanol–water partition coefficient (Wildman–Crippen LogP) is 1.58. The highest BCUT2D eigenvalue weighted by molar-refractivity contribution is 7.98. The Morgan fingerprint density at radius 1 is 1.50 bits per heavy atom. The molecule has 0 fully saturated rings. The summed E-state index contributed by atoms with van der Waals surface area (Å²) in [7, 11) is 0. The number of thioether (sulfide) groups is 1. The predicted molar refractivity (Wildman–Crippen MR) is 73.0 cm³/mol. The van der Waals surface area contributed by atoms with Gasteiger partial charge in [-0.25, -0.2) is 9.78 Å². The van der Waals surface area contributed by atoms with Crippen LogP contribution in [0.25, 0.3) is 0 Å². The van der Waals surface area contributed by atoms with Gasteiger partial charge in [0.05, 0.1) is 5.69 Å². The van der Waals surface area contributed by atoms with E-state index in [9.17, 15) is 9.59 Å². The maximum Gasteiger partial charge on any atom is 0.327 e. The Bertz CT molecular complexity index is 426. The highest BCUT2D eigenvalue weighted by Crippen LogP contribution is 2.21. The number of aliphatic carboxylic acids is 1. The molecule has 1 heterocycles. The van der Waals surface area contributed by atoms with E-state index < -0.39 is 12.0 Å². The van der Waals surface area contributed by atoms with Crippen molar-refractivity contribution in [2.45, 2.75) is 32.6 Å². The lowest BCUT2D eigenvalue weighted by Crippen LogP contribution is -2.41. The second-order valence-corrected chi connectivity index (χ2v) is 6.17. The first kappa shape index (κ1) is 15.0. The van der Waals surface area contributed by atoms with Crippen molar-refractivity contribution in [1.82, 2.24) is 10.3 Å². The number of carbonyl (C=O) groups excluding carboxylic acids is 1. The van der Waals surface area contributed by atoms with Gasteiger partial charge in [-0.15, -0.1) is 11.3 Å². The van der Waals surface area contributed by atoms with Crippen molar-refractivity contribution < 1.29 is 14.7 Å². The maximum atomic E-state index is 10.9. The summed E-state index contributed by atoms with van der Waals surface area (Å²) in [4.78, 5) is 27.3. The van der Waals surface area contributed by atoms with E-state index in [0.29, 0.717) is 11.5 Å². The third kappa shape index (κ3) is 4.66. The topological polar surface area (TPSA) is 79.3 Å². The van der Waals surface area contributed by atoms with Crippen LogP contribution in [-0.2, 0) is 15.3 Å².